The third-order valence-electron chi connectivity index (χ3n) is 3.40. The summed E-state index contributed by atoms with van der Waals surface area (Å²) in [5.41, 5.74) is 0. The lowest BCUT2D eigenvalue weighted by molar-refractivity contribution is -0.140. The van der Waals surface area contributed by atoms with Crippen molar-refractivity contribution in [3.8, 4) is 0 Å². The maximum absolute atomic E-state index is 12.8. The van der Waals surface area contributed by atoms with Crippen LogP contribution in [0.4, 0.5) is 0 Å². The van der Waals surface area contributed by atoms with Crippen LogP contribution < -0.4 is 0 Å². The number of benzene rings is 1. The van der Waals surface area contributed by atoms with E-state index in [2.05, 4.69) is 4.74 Å². The smallest absolute Gasteiger partial charge is 0.307 e. The van der Waals surface area contributed by atoms with E-state index in [-0.39, 0.29) is 24.3 Å². The van der Waals surface area contributed by atoms with Gasteiger partial charge in [-0.15, -0.1) is 11.3 Å². The maximum Gasteiger partial charge on any atom is 0.307 e. The molecule has 0 N–H and O–H groups in total. The molecule has 0 aliphatic rings. The van der Waals surface area contributed by atoms with Crippen molar-refractivity contribution in [2.45, 2.75) is 26.3 Å². The molecule has 1 aromatic carbocycles. The lowest BCUT2D eigenvalue weighted by Gasteiger charge is -2.26. The molecule has 0 bridgehead atoms. The zero-order valence-corrected chi connectivity index (χ0v) is 14.3. The minimum absolute atomic E-state index is 0.0292. The van der Waals surface area contributed by atoms with Crippen LogP contribution in [0, 0.1) is 0 Å². The molecule has 0 atom stereocenters. The van der Waals surface area contributed by atoms with Crippen LogP contribution in [-0.2, 0) is 9.53 Å². The Morgan fingerprint density at radius 3 is 2.59 bits per heavy atom. The third-order valence-corrected chi connectivity index (χ3v) is 5.06. The molecule has 22 heavy (non-hydrogen) atoms. The van der Waals surface area contributed by atoms with Crippen LogP contribution in [0.3, 0.4) is 0 Å². The summed E-state index contributed by atoms with van der Waals surface area (Å²) in [5.74, 6) is -0.481. The van der Waals surface area contributed by atoms with Crippen molar-refractivity contribution in [3.05, 3.63) is 34.2 Å². The van der Waals surface area contributed by atoms with Crippen LogP contribution in [0.2, 0.25) is 5.02 Å². The molecule has 1 heterocycles. The van der Waals surface area contributed by atoms with E-state index in [1.54, 1.807) is 4.90 Å². The molecule has 0 unspecified atom stereocenters. The number of rotatable bonds is 5. The molecular formula is C16H18ClNO3S. The number of carbonyl (C=O) groups is 2. The molecule has 4 nitrogen and oxygen atoms in total. The largest absolute Gasteiger partial charge is 0.469 e. The van der Waals surface area contributed by atoms with Gasteiger partial charge in [0, 0.05) is 22.7 Å². The number of nitrogens with zero attached hydrogens (tertiary/aromatic N) is 1. The van der Waals surface area contributed by atoms with Gasteiger partial charge in [-0.1, -0.05) is 29.8 Å². The molecule has 0 saturated carbocycles. The minimum Gasteiger partial charge on any atom is -0.469 e. The van der Waals surface area contributed by atoms with E-state index in [1.807, 2.05) is 38.1 Å². The molecule has 1 amide bonds. The van der Waals surface area contributed by atoms with Gasteiger partial charge in [0.25, 0.3) is 5.91 Å². The first kappa shape index (κ1) is 16.8. The summed E-state index contributed by atoms with van der Waals surface area (Å²) in [4.78, 5) is 26.3. The molecule has 2 aromatic rings. The predicted octanol–water partition coefficient (Wildman–Crippen LogP) is 3.97. The van der Waals surface area contributed by atoms with Crippen molar-refractivity contribution < 1.29 is 14.3 Å². The SMILES string of the molecule is COC(=O)CCN(C(=O)c1sc2ccccc2c1Cl)C(C)C. The van der Waals surface area contributed by atoms with Crippen LogP contribution in [0.15, 0.2) is 24.3 Å². The van der Waals surface area contributed by atoms with Crippen LogP contribution in [0.1, 0.15) is 29.9 Å². The standard InChI is InChI=1S/C16H18ClNO3S/c1-10(2)18(9-8-13(19)21-3)16(20)15-14(17)11-6-4-5-7-12(11)22-15/h4-7,10H,8-9H2,1-3H3. The molecule has 0 radical (unpaired) electrons. The van der Waals surface area contributed by atoms with Crippen molar-refractivity contribution >= 4 is 44.9 Å². The van der Waals surface area contributed by atoms with Gasteiger partial charge < -0.3 is 9.64 Å². The molecule has 6 heteroatoms. The predicted molar refractivity (Wildman–Crippen MR) is 89.6 cm³/mol. The summed E-state index contributed by atoms with van der Waals surface area (Å²) >= 11 is 7.74. The molecular weight excluding hydrogens is 322 g/mol. The number of carbonyl (C=O) groups excluding carboxylic acids is 2. The summed E-state index contributed by atoms with van der Waals surface area (Å²) < 4.78 is 5.62. The van der Waals surface area contributed by atoms with Gasteiger partial charge >= 0.3 is 5.97 Å². The number of amides is 1. The van der Waals surface area contributed by atoms with Crippen LogP contribution >= 0.6 is 22.9 Å². The first-order chi connectivity index (χ1) is 10.5. The fraction of sp³-hybridized carbons (Fsp3) is 0.375. The Morgan fingerprint density at radius 2 is 2.00 bits per heavy atom. The molecule has 1 aromatic heterocycles. The average molecular weight is 340 g/mol. The van der Waals surface area contributed by atoms with Crippen LogP contribution in [0.5, 0.6) is 0 Å². The van der Waals surface area contributed by atoms with Gasteiger partial charge in [0.05, 0.1) is 18.6 Å². The summed E-state index contributed by atoms with van der Waals surface area (Å²) in [6.07, 6.45) is 0.170. The van der Waals surface area contributed by atoms with E-state index < -0.39 is 0 Å². The number of hydrogen-bond donors (Lipinski definition) is 0. The van der Waals surface area contributed by atoms with Crippen LogP contribution in [0.25, 0.3) is 10.1 Å². The van der Waals surface area contributed by atoms with E-state index in [9.17, 15) is 9.59 Å². The molecule has 118 valence electrons. The number of methoxy groups -OCH3 is 1. The van der Waals surface area contributed by atoms with Gasteiger partial charge in [0.15, 0.2) is 0 Å². The van der Waals surface area contributed by atoms with Crippen molar-refractivity contribution in [1.29, 1.82) is 0 Å². The van der Waals surface area contributed by atoms with E-state index in [1.165, 1.54) is 18.4 Å². The lowest BCUT2D eigenvalue weighted by Crippen LogP contribution is -2.38. The second-order valence-corrected chi connectivity index (χ2v) is 6.59. The number of fused-ring (bicyclic) bond motifs is 1. The van der Waals surface area contributed by atoms with Crippen LogP contribution in [-0.4, -0.2) is 36.5 Å². The van der Waals surface area contributed by atoms with Gasteiger partial charge in [0.2, 0.25) is 0 Å². The van der Waals surface area contributed by atoms with Crippen molar-refractivity contribution in [2.75, 3.05) is 13.7 Å². The first-order valence-electron chi connectivity index (χ1n) is 7.00. The highest BCUT2D eigenvalue weighted by molar-refractivity contribution is 7.21. The highest BCUT2D eigenvalue weighted by atomic mass is 35.5. The number of thiophene rings is 1. The molecule has 0 aliphatic carbocycles. The monoisotopic (exact) mass is 339 g/mol. The Balaban J connectivity index is 2.29. The van der Waals surface area contributed by atoms with Gasteiger partial charge in [-0.25, -0.2) is 0 Å². The Kier molecular flexibility index (Phi) is 5.42. The first-order valence-corrected chi connectivity index (χ1v) is 8.20. The Hall–Kier alpha value is -1.59. The molecule has 0 fully saturated rings. The second-order valence-electron chi connectivity index (χ2n) is 5.16. The Labute approximate surface area is 138 Å². The minimum atomic E-state index is -0.333. The Morgan fingerprint density at radius 1 is 1.32 bits per heavy atom. The van der Waals surface area contributed by atoms with Gasteiger partial charge in [-0.2, -0.15) is 0 Å². The average Bonchev–Trinajstić information content (AvgIpc) is 2.84. The number of esters is 1. The molecule has 0 saturated heterocycles. The lowest BCUT2D eigenvalue weighted by atomic mass is 10.2. The highest BCUT2D eigenvalue weighted by Gasteiger charge is 2.24. The number of ether oxygens (including phenoxy) is 1. The van der Waals surface area contributed by atoms with E-state index >= 15 is 0 Å². The zero-order valence-electron chi connectivity index (χ0n) is 12.8. The third kappa shape index (κ3) is 3.42. The normalized spacial score (nSPS) is 11.0. The molecule has 0 spiro atoms. The van der Waals surface area contributed by atoms with Gasteiger partial charge in [0.1, 0.15) is 4.88 Å². The fourth-order valence-electron chi connectivity index (χ4n) is 2.19. The fourth-order valence-corrected chi connectivity index (χ4v) is 3.66. The number of halogens is 1. The maximum atomic E-state index is 12.8. The second kappa shape index (κ2) is 7.11. The molecule has 2 rings (SSSR count). The van der Waals surface area contributed by atoms with E-state index in [0.29, 0.717) is 16.4 Å². The highest BCUT2D eigenvalue weighted by Crippen LogP contribution is 2.36. The topological polar surface area (TPSA) is 46.6 Å². The van der Waals surface area contributed by atoms with Crippen molar-refractivity contribution in [1.82, 2.24) is 4.90 Å². The van der Waals surface area contributed by atoms with E-state index in [0.717, 1.165) is 10.1 Å². The Bertz CT molecular complexity index is 696. The molecule has 0 aliphatic heterocycles. The summed E-state index contributed by atoms with van der Waals surface area (Å²) in [5, 5.41) is 1.36. The summed E-state index contributed by atoms with van der Waals surface area (Å²) in [6.45, 7) is 4.14. The van der Waals surface area contributed by atoms with Gasteiger partial charge in [-0.05, 0) is 19.9 Å². The van der Waals surface area contributed by atoms with Crippen molar-refractivity contribution in [2.24, 2.45) is 0 Å². The quantitative estimate of drug-likeness (QED) is 0.774. The van der Waals surface area contributed by atoms with Gasteiger partial charge in [-0.3, -0.25) is 9.59 Å². The zero-order chi connectivity index (χ0) is 16.3. The van der Waals surface area contributed by atoms with E-state index in [4.69, 9.17) is 11.6 Å². The van der Waals surface area contributed by atoms with Crippen molar-refractivity contribution in [3.63, 3.8) is 0 Å². The summed E-state index contributed by atoms with van der Waals surface area (Å²) in [7, 11) is 1.34. The number of hydrogen-bond acceptors (Lipinski definition) is 4. The summed E-state index contributed by atoms with van der Waals surface area (Å²) in [6, 6.07) is 7.63.